The summed E-state index contributed by atoms with van der Waals surface area (Å²) < 4.78 is 5.10. The zero-order valence-corrected chi connectivity index (χ0v) is 12.3. The van der Waals surface area contributed by atoms with Gasteiger partial charge in [0.05, 0.1) is 18.4 Å². The Labute approximate surface area is 123 Å². The third-order valence-electron chi connectivity index (χ3n) is 2.68. The van der Waals surface area contributed by atoms with E-state index in [9.17, 15) is 4.79 Å². The lowest BCUT2D eigenvalue weighted by atomic mass is 10.2. The summed E-state index contributed by atoms with van der Waals surface area (Å²) in [7, 11) is 1.53. The maximum atomic E-state index is 12.2. The highest BCUT2D eigenvalue weighted by molar-refractivity contribution is 6.05. The van der Waals surface area contributed by atoms with Crippen molar-refractivity contribution in [2.24, 2.45) is 0 Å². The summed E-state index contributed by atoms with van der Waals surface area (Å²) in [5, 5.41) is 6.01. The van der Waals surface area contributed by atoms with Crippen LogP contribution in [0.4, 0.5) is 11.5 Å². The molecule has 2 aromatic rings. The second-order valence-electron chi connectivity index (χ2n) is 4.74. The number of carbonyl (C=O) groups is 1. The molecule has 2 heterocycles. The molecular formula is C15H18N4O2. The van der Waals surface area contributed by atoms with Crippen LogP contribution in [0.3, 0.4) is 0 Å². The number of aromatic nitrogens is 2. The van der Waals surface area contributed by atoms with Crippen LogP contribution in [0.15, 0.2) is 36.7 Å². The van der Waals surface area contributed by atoms with E-state index in [0.29, 0.717) is 17.3 Å². The molecule has 2 rings (SSSR count). The van der Waals surface area contributed by atoms with Crippen molar-refractivity contribution in [3.63, 3.8) is 0 Å². The van der Waals surface area contributed by atoms with Gasteiger partial charge < -0.3 is 15.4 Å². The zero-order chi connectivity index (χ0) is 15.2. The molecule has 110 valence electrons. The minimum Gasteiger partial charge on any atom is -0.481 e. The largest absolute Gasteiger partial charge is 0.481 e. The van der Waals surface area contributed by atoms with Crippen LogP contribution in [-0.4, -0.2) is 29.0 Å². The average molecular weight is 286 g/mol. The number of amides is 1. The average Bonchev–Trinajstić information content (AvgIpc) is 2.49. The van der Waals surface area contributed by atoms with E-state index in [1.165, 1.54) is 13.3 Å². The monoisotopic (exact) mass is 286 g/mol. The van der Waals surface area contributed by atoms with E-state index in [2.05, 4.69) is 20.6 Å². The Morgan fingerprint density at radius 1 is 1.29 bits per heavy atom. The fraction of sp³-hybridized carbons (Fsp3) is 0.267. The van der Waals surface area contributed by atoms with Gasteiger partial charge in [-0.05, 0) is 32.0 Å². The lowest BCUT2D eigenvalue weighted by Crippen LogP contribution is -2.17. The molecule has 0 saturated carbocycles. The Morgan fingerprint density at radius 2 is 2.10 bits per heavy atom. The van der Waals surface area contributed by atoms with E-state index in [0.717, 1.165) is 5.69 Å². The number of ether oxygens (including phenoxy) is 1. The molecule has 0 saturated heterocycles. The van der Waals surface area contributed by atoms with Gasteiger partial charge in [0.1, 0.15) is 0 Å². The highest BCUT2D eigenvalue weighted by Crippen LogP contribution is 2.24. The fourth-order valence-electron chi connectivity index (χ4n) is 1.75. The summed E-state index contributed by atoms with van der Waals surface area (Å²) in [5.41, 5.74) is 1.21. The lowest BCUT2D eigenvalue weighted by Gasteiger charge is -2.15. The van der Waals surface area contributed by atoms with Crippen molar-refractivity contribution in [1.82, 2.24) is 9.97 Å². The molecule has 0 aliphatic heterocycles. The van der Waals surface area contributed by atoms with Crippen LogP contribution in [0.25, 0.3) is 0 Å². The Kier molecular flexibility index (Phi) is 4.71. The normalized spacial score (nSPS) is 10.3. The SMILES string of the molecule is COc1ccc(NC(C)C)c(NC(=O)c2cccnc2)n1. The van der Waals surface area contributed by atoms with Gasteiger partial charge in [0.15, 0.2) is 5.82 Å². The summed E-state index contributed by atoms with van der Waals surface area (Å²) in [6.45, 7) is 4.02. The van der Waals surface area contributed by atoms with Gasteiger partial charge in [-0.1, -0.05) is 0 Å². The van der Waals surface area contributed by atoms with Gasteiger partial charge in [0.2, 0.25) is 5.88 Å². The van der Waals surface area contributed by atoms with Crippen LogP contribution in [0.2, 0.25) is 0 Å². The first-order chi connectivity index (χ1) is 10.1. The second kappa shape index (κ2) is 6.69. The fourth-order valence-corrected chi connectivity index (χ4v) is 1.75. The molecule has 0 bridgehead atoms. The summed E-state index contributed by atoms with van der Waals surface area (Å²) in [5.74, 6) is 0.596. The topological polar surface area (TPSA) is 76.1 Å². The summed E-state index contributed by atoms with van der Waals surface area (Å²) in [6, 6.07) is 7.18. The van der Waals surface area contributed by atoms with Crippen LogP contribution >= 0.6 is 0 Å². The quantitative estimate of drug-likeness (QED) is 0.883. The molecule has 6 heteroatoms. The number of methoxy groups -OCH3 is 1. The number of pyridine rings is 2. The third-order valence-corrected chi connectivity index (χ3v) is 2.68. The van der Waals surface area contributed by atoms with Crippen molar-refractivity contribution >= 4 is 17.4 Å². The summed E-state index contributed by atoms with van der Waals surface area (Å²) in [4.78, 5) is 20.4. The highest BCUT2D eigenvalue weighted by Gasteiger charge is 2.12. The van der Waals surface area contributed by atoms with E-state index in [1.807, 2.05) is 19.9 Å². The van der Waals surface area contributed by atoms with Crippen LogP contribution in [0, 0.1) is 0 Å². The van der Waals surface area contributed by atoms with Gasteiger partial charge in [0, 0.05) is 24.5 Å². The van der Waals surface area contributed by atoms with Crippen molar-refractivity contribution in [3.05, 3.63) is 42.2 Å². The van der Waals surface area contributed by atoms with Crippen molar-refractivity contribution in [3.8, 4) is 5.88 Å². The molecule has 0 unspecified atom stereocenters. The summed E-state index contributed by atoms with van der Waals surface area (Å²) in [6.07, 6.45) is 3.12. The van der Waals surface area contributed by atoms with Gasteiger partial charge in [-0.3, -0.25) is 9.78 Å². The first-order valence-electron chi connectivity index (χ1n) is 6.63. The van der Waals surface area contributed by atoms with Gasteiger partial charge in [-0.2, -0.15) is 4.98 Å². The van der Waals surface area contributed by atoms with Crippen molar-refractivity contribution < 1.29 is 9.53 Å². The first-order valence-corrected chi connectivity index (χ1v) is 6.63. The number of anilines is 2. The van der Waals surface area contributed by atoms with E-state index >= 15 is 0 Å². The minimum absolute atomic E-state index is 0.217. The van der Waals surface area contributed by atoms with Crippen LogP contribution in [-0.2, 0) is 0 Å². The third kappa shape index (κ3) is 3.92. The van der Waals surface area contributed by atoms with E-state index in [1.54, 1.807) is 24.4 Å². The molecule has 0 aliphatic carbocycles. The first kappa shape index (κ1) is 14.8. The van der Waals surface area contributed by atoms with Crippen molar-refractivity contribution in [2.45, 2.75) is 19.9 Å². The van der Waals surface area contributed by atoms with Crippen molar-refractivity contribution in [2.75, 3.05) is 17.7 Å². The Hall–Kier alpha value is -2.63. The van der Waals surface area contributed by atoms with Crippen LogP contribution in [0.5, 0.6) is 5.88 Å². The summed E-state index contributed by atoms with van der Waals surface area (Å²) >= 11 is 0. The van der Waals surface area contributed by atoms with Gasteiger partial charge in [-0.15, -0.1) is 0 Å². The van der Waals surface area contributed by atoms with Crippen molar-refractivity contribution in [1.29, 1.82) is 0 Å². The van der Waals surface area contributed by atoms with Crippen LogP contribution < -0.4 is 15.4 Å². The molecule has 6 nitrogen and oxygen atoms in total. The van der Waals surface area contributed by atoms with Gasteiger partial charge in [-0.25, -0.2) is 0 Å². The van der Waals surface area contributed by atoms with Crippen LogP contribution in [0.1, 0.15) is 24.2 Å². The Morgan fingerprint density at radius 3 is 2.71 bits per heavy atom. The molecule has 0 radical (unpaired) electrons. The molecule has 0 aromatic carbocycles. The van der Waals surface area contributed by atoms with Gasteiger partial charge in [0.25, 0.3) is 5.91 Å². The highest BCUT2D eigenvalue weighted by atomic mass is 16.5. The predicted octanol–water partition coefficient (Wildman–Crippen LogP) is 2.56. The van der Waals surface area contributed by atoms with Gasteiger partial charge >= 0.3 is 0 Å². The molecule has 0 aliphatic rings. The number of nitrogens with zero attached hydrogens (tertiary/aromatic N) is 2. The molecule has 1 amide bonds. The zero-order valence-electron chi connectivity index (χ0n) is 12.3. The molecule has 0 fully saturated rings. The van der Waals surface area contributed by atoms with E-state index in [4.69, 9.17) is 4.74 Å². The number of hydrogen-bond acceptors (Lipinski definition) is 5. The maximum absolute atomic E-state index is 12.2. The lowest BCUT2D eigenvalue weighted by molar-refractivity contribution is 0.102. The molecular weight excluding hydrogens is 268 g/mol. The number of nitrogens with one attached hydrogen (secondary N) is 2. The second-order valence-corrected chi connectivity index (χ2v) is 4.74. The van der Waals surface area contributed by atoms with E-state index < -0.39 is 0 Å². The minimum atomic E-state index is -0.268. The Balaban J connectivity index is 2.26. The number of hydrogen-bond donors (Lipinski definition) is 2. The number of carbonyl (C=O) groups excluding carboxylic acids is 1. The standard InChI is InChI=1S/C15H18N4O2/c1-10(2)17-12-6-7-13(21-3)18-14(12)19-15(20)11-5-4-8-16-9-11/h4-10,17H,1-3H3,(H,18,19,20). The van der Waals surface area contributed by atoms with E-state index in [-0.39, 0.29) is 11.9 Å². The molecule has 0 atom stereocenters. The smallest absolute Gasteiger partial charge is 0.258 e. The molecule has 0 spiro atoms. The predicted molar refractivity (Wildman–Crippen MR) is 81.7 cm³/mol. The maximum Gasteiger partial charge on any atom is 0.258 e. The Bertz CT molecular complexity index is 614. The molecule has 2 N–H and O–H groups in total. The number of rotatable bonds is 5. The molecule has 2 aromatic heterocycles. The molecule has 21 heavy (non-hydrogen) atoms.